The molecule has 4 rings (SSSR count). The van der Waals surface area contributed by atoms with E-state index < -0.39 is 16.1 Å². The molecule has 0 bridgehead atoms. The summed E-state index contributed by atoms with van der Waals surface area (Å²) >= 11 is 0. The van der Waals surface area contributed by atoms with Gasteiger partial charge in [0, 0.05) is 0 Å². The van der Waals surface area contributed by atoms with Gasteiger partial charge in [-0.3, -0.25) is 12.2 Å². The average molecular weight is 648 g/mol. The van der Waals surface area contributed by atoms with Gasteiger partial charge in [0.15, 0.2) is 0 Å². The monoisotopic (exact) mass is 648 g/mol. The molecule has 0 atom stereocenters. The van der Waals surface area contributed by atoms with E-state index in [9.17, 15) is 0 Å². The molecule has 3 heteroatoms. The van der Waals surface area contributed by atoms with E-state index in [1.165, 1.54) is 43.1 Å². The van der Waals surface area contributed by atoms with Gasteiger partial charge in [-0.25, -0.2) is 21.5 Å². The van der Waals surface area contributed by atoms with Crippen LogP contribution in [0.5, 0.6) is 0 Å². The normalized spacial score (nSPS) is 18.6. The van der Waals surface area contributed by atoms with E-state index >= 15 is 0 Å². The molecular formula is C34H46BaSi2. The number of rotatable bonds is 4. The van der Waals surface area contributed by atoms with E-state index in [4.69, 9.17) is 0 Å². The van der Waals surface area contributed by atoms with E-state index in [1.807, 2.05) is 0 Å². The third kappa shape index (κ3) is 6.59. The zero-order chi connectivity index (χ0) is 27.1. The summed E-state index contributed by atoms with van der Waals surface area (Å²) in [7, 11) is -3.18. The van der Waals surface area contributed by atoms with Gasteiger partial charge in [0.05, 0.1) is 16.1 Å². The van der Waals surface area contributed by atoms with Crippen LogP contribution in [0.25, 0.3) is 0 Å². The Morgan fingerprint density at radius 2 is 0.784 bits per heavy atom. The van der Waals surface area contributed by atoms with Crippen LogP contribution < -0.4 is 10.4 Å². The van der Waals surface area contributed by atoms with Crippen molar-refractivity contribution in [3.05, 3.63) is 106 Å². The fraction of sp³-hybridized carbons (Fsp3) is 0.412. The van der Waals surface area contributed by atoms with Crippen molar-refractivity contribution in [1.82, 2.24) is 0 Å². The Labute approximate surface area is 270 Å². The molecule has 0 aliphatic heterocycles. The summed E-state index contributed by atoms with van der Waals surface area (Å²) in [5, 5.41) is 5.99. The Kier molecular flexibility index (Phi) is 10.5. The smallest absolute Gasteiger partial charge is 0.267 e. The summed E-state index contributed by atoms with van der Waals surface area (Å²) in [6.45, 7) is 27.9. The van der Waals surface area contributed by atoms with E-state index in [0.29, 0.717) is 0 Å². The zero-order valence-electron chi connectivity index (χ0n) is 25.5. The Morgan fingerprint density at radius 3 is 1.00 bits per heavy atom. The van der Waals surface area contributed by atoms with Crippen molar-refractivity contribution in [3.63, 3.8) is 0 Å². The van der Waals surface area contributed by atoms with Gasteiger partial charge < -0.3 is 0 Å². The molecule has 0 radical (unpaired) electrons. The fourth-order valence-corrected chi connectivity index (χ4v) is 11.7. The minimum absolute atomic E-state index is 0. The summed E-state index contributed by atoms with van der Waals surface area (Å²) in [6.07, 6.45) is 7.55. The van der Waals surface area contributed by atoms with Crippen LogP contribution in [-0.4, -0.2) is 65.0 Å². The minimum Gasteiger partial charge on any atom is -0.267 e. The molecule has 0 unspecified atom stereocenters. The second-order valence-corrected chi connectivity index (χ2v) is 21.4. The molecule has 0 N–H and O–H groups in total. The van der Waals surface area contributed by atoms with Gasteiger partial charge in [-0.2, -0.15) is 11.1 Å². The van der Waals surface area contributed by atoms with Crippen molar-refractivity contribution >= 4 is 75.4 Å². The Bertz CT molecular complexity index is 1140. The SMILES string of the molecule is CC1=C(C)C(C)(C)[C-]=C1[Si](C)(C)c1ccccc1.CC1=C(C)C(C)(C)[C-]=C1[Si](C)(C)c1ccccc1.[Ba+2]. The minimum atomic E-state index is -1.59. The Balaban J connectivity index is 0.000000253. The third-order valence-electron chi connectivity index (χ3n) is 8.87. The molecule has 0 aromatic heterocycles. The largest absolute Gasteiger partial charge is 2.00 e. The molecule has 0 fully saturated rings. The van der Waals surface area contributed by atoms with E-state index in [-0.39, 0.29) is 59.7 Å². The molecule has 2 aliphatic rings. The predicted molar refractivity (Wildman–Crippen MR) is 171 cm³/mol. The van der Waals surface area contributed by atoms with Gasteiger partial charge in [0.2, 0.25) is 0 Å². The van der Waals surface area contributed by atoms with Crippen LogP contribution in [0.1, 0.15) is 55.4 Å². The van der Waals surface area contributed by atoms with Crippen LogP contribution in [-0.2, 0) is 0 Å². The van der Waals surface area contributed by atoms with Crippen LogP contribution in [0, 0.1) is 23.0 Å². The van der Waals surface area contributed by atoms with Crippen LogP contribution in [0.3, 0.4) is 0 Å². The Morgan fingerprint density at radius 1 is 0.514 bits per heavy atom. The van der Waals surface area contributed by atoms with Gasteiger partial charge in [0.25, 0.3) is 0 Å². The molecule has 0 heterocycles. The van der Waals surface area contributed by atoms with Crippen molar-refractivity contribution < 1.29 is 0 Å². The van der Waals surface area contributed by atoms with Gasteiger partial charge in [-0.05, 0) is 0 Å². The fourth-order valence-electron chi connectivity index (χ4n) is 5.56. The van der Waals surface area contributed by atoms with Crippen LogP contribution in [0.15, 0.2) is 93.3 Å². The number of benzene rings is 2. The second-order valence-electron chi connectivity index (χ2n) is 12.7. The Hall–Kier alpha value is -0.595. The third-order valence-corrected chi connectivity index (χ3v) is 15.9. The van der Waals surface area contributed by atoms with Crippen molar-refractivity contribution in [1.29, 1.82) is 0 Å². The second kappa shape index (κ2) is 11.9. The maximum atomic E-state index is 3.77. The standard InChI is InChI=1S/2C17H23Si.Ba/c2*1-13-14(2)17(3,4)12-16(13)18(5,6)15-10-8-7-9-11-15;/h2*7-11H,1-6H3;/q2*-1;+2. The topological polar surface area (TPSA) is 0 Å². The van der Waals surface area contributed by atoms with Crippen LogP contribution in [0.2, 0.25) is 26.2 Å². The molecule has 0 saturated carbocycles. The van der Waals surface area contributed by atoms with E-state index in [1.54, 1.807) is 0 Å². The van der Waals surface area contributed by atoms with Crippen molar-refractivity contribution in [2.24, 2.45) is 10.8 Å². The van der Waals surface area contributed by atoms with Crippen molar-refractivity contribution in [2.45, 2.75) is 81.6 Å². The van der Waals surface area contributed by atoms with E-state index in [0.717, 1.165) is 0 Å². The molecular weight excluding hydrogens is 602 g/mol. The first-order valence-electron chi connectivity index (χ1n) is 13.3. The maximum Gasteiger partial charge on any atom is 2.00 e. The molecule has 2 aromatic rings. The van der Waals surface area contributed by atoms with E-state index in [2.05, 4.69) is 154 Å². The first-order valence-corrected chi connectivity index (χ1v) is 19.3. The summed E-state index contributed by atoms with van der Waals surface area (Å²) in [5.74, 6) is 0. The molecule has 0 amide bonds. The van der Waals surface area contributed by atoms with Crippen LogP contribution >= 0.6 is 0 Å². The van der Waals surface area contributed by atoms with Gasteiger partial charge >= 0.3 is 48.9 Å². The average Bonchev–Trinajstić information content (AvgIpc) is 3.19. The number of hydrogen-bond donors (Lipinski definition) is 0. The molecule has 0 nitrogen and oxygen atoms in total. The molecule has 37 heavy (non-hydrogen) atoms. The summed E-state index contributed by atoms with van der Waals surface area (Å²) < 4.78 is 0. The maximum absolute atomic E-state index is 3.77. The molecule has 2 aromatic carbocycles. The van der Waals surface area contributed by atoms with Gasteiger partial charge in [-0.15, -0.1) is 13.8 Å². The molecule has 2 aliphatic carbocycles. The molecule has 0 spiro atoms. The van der Waals surface area contributed by atoms with Crippen LogP contribution in [0.4, 0.5) is 0 Å². The van der Waals surface area contributed by atoms with Gasteiger partial charge in [0.1, 0.15) is 0 Å². The zero-order valence-corrected chi connectivity index (χ0v) is 31.9. The first-order chi connectivity index (χ1) is 16.5. The summed E-state index contributed by atoms with van der Waals surface area (Å²) in [6, 6.07) is 21.9. The number of allylic oxidation sites excluding steroid dienone is 8. The quantitative estimate of drug-likeness (QED) is 0.232. The molecule has 0 saturated heterocycles. The predicted octanol–water partition coefficient (Wildman–Crippen LogP) is 8.11. The van der Waals surface area contributed by atoms with Gasteiger partial charge in [-0.1, -0.05) is 150 Å². The number of hydrogen-bond acceptors (Lipinski definition) is 0. The van der Waals surface area contributed by atoms with Crippen molar-refractivity contribution in [3.8, 4) is 0 Å². The summed E-state index contributed by atoms with van der Waals surface area (Å²) in [4.78, 5) is 0. The molecule has 192 valence electrons. The summed E-state index contributed by atoms with van der Waals surface area (Å²) in [5.41, 5.74) is 6.13. The van der Waals surface area contributed by atoms with Crippen molar-refractivity contribution in [2.75, 3.05) is 0 Å². The first kappa shape index (κ1) is 32.6.